The summed E-state index contributed by atoms with van der Waals surface area (Å²) in [4.78, 5) is 42.2. The summed E-state index contributed by atoms with van der Waals surface area (Å²) in [6.07, 6.45) is 1.53. The van der Waals surface area contributed by atoms with E-state index in [1.54, 1.807) is 0 Å². The predicted octanol–water partition coefficient (Wildman–Crippen LogP) is 0.828. The fraction of sp³-hybridized carbons (Fsp3) is 0. The van der Waals surface area contributed by atoms with Gasteiger partial charge in [0.2, 0.25) is 0 Å². The summed E-state index contributed by atoms with van der Waals surface area (Å²) in [6, 6.07) is 5.56. The molecule has 0 aliphatic carbocycles. The van der Waals surface area contributed by atoms with Crippen molar-refractivity contribution in [2.45, 2.75) is 0 Å². The molecule has 0 aliphatic rings. The lowest BCUT2D eigenvalue weighted by Crippen LogP contribution is -1.98. The SMILES string of the molecule is O=C=CC(=O)c1ccc(C(=O)C=C=O)cc1. The predicted molar refractivity (Wildman–Crippen MR) is 55.6 cm³/mol. The van der Waals surface area contributed by atoms with Crippen molar-refractivity contribution in [2.75, 3.05) is 0 Å². The average molecular weight is 214 g/mol. The van der Waals surface area contributed by atoms with Gasteiger partial charge in [0.15, 0.2) is 11.6 Å². The van der Waals surface area contributed by atoms with Gasteiger partial charge in [-0.3, -0.25) is 9.59 Å². The molecule has 0 aromatic heterocycles. The average Bonchev–Trinajstić information content (AvgIpc) is 2.30. The first-order valence-corrected chi connectivity index (χ1v) is 4.29. The highest BCUT2D eigenvalue weighted by Crippen LogP contribution is 2.06. The zero-order chi connectivity index (χ0) is 12.0. The van der Waals surface area contributed by atoms with Gasteiger partial charge in [0.25, 0.3) is 0 Å². The number of hydrogen-bond acceptors (Lipinski definition) is 4. The lowest BCUT2D eigenvalue weighted by atomic mass is 10.1. The summed E-state index contributed by atoms with van der Waals surface area (Å²) in [6.45, 7) is 0. The molecule has 0 amide bonds. The summed E-state index contributed by atoms with van der Waals surface area (Å²) in [5.74, 6) is 1.78. The van der Waals surface area contributed by atoms with Crippen LogP contribution in [-0.4, -0.2) is 23.4 Å². The number of hydrogen-bond donors (Lipinski definition) is 0. The first kappa shape index (κ1) is 11.5. The number of benzene rings is 1. The van der Waals surface area contributed by atoms with Crippen molar-refractivity contribution in [3.8, 4) is 0 Å². The van der Waals surface area contributed by atoms with Crippen molar-refractivity contribution < 1.29 is 19.2 Å². The fourth-order valence-corrected chi connectivity index (χ4v) is 1.07. The van der Waals surface area contributed by atoms with Gasteiger partial charge in [0.1, 0.15) is 11.9 Å². The quantitative estimate of drug-likeness (QED) is 0.423. The van der Waals surface area contributed by atoms with Crippen LogP contribution in [0.3, 0.4) is 0 Å². The number of allylic oxidation sites excluding steroid dienone is 2. The van der Waals surface area contributed by atoms with Gasteiger partial charge in [0, 0.05) is 11.1 Å². The molecule has 1 rings (SSSR count). The van der Waals surface area contributed by atoms with Crippen LogP contribution in [0.15, 0.2) is 36.4 Å². The van der Waals surface area contributed by atoms with E-state index in [1.165, 1.54) is 36.1 Å². The molecule has 0 N–H and O–H groups in total. The maximum Gasteiger partial charge on any atom is 0.196 e. The van der Waals surface area contributed by atoms with Crippen LogP contribution in [0.25, 0.3) is 0 Å². The summed E-state index contributed by atoms with van der Waals surface area (Å²) < 4.78 is 0. The van der Waals surface area contributed by atoms with Gasteiger partial charge in [-0.05, 0) is 0 Å². The van der Waals surface area contributed by atoms with Crippen molar-refractivity contribution in [1.29, 1.82) is 0 Å². The zero-order valence-electron chi connectivity index (χ0n) is 8.10. The smallest absolute Gasteiger partial charge is 0.196 e. The molecule has 0 unspecified atom stereocenters. The van der Waals surface area contributed by atoms with Crippen LogP contribution in [0.1, 0.15) is 20.7 Å². The summed E-state index contributed by atoms with van der Waals surface area (Å²) >= 11 is 0. The zero-order valence-corrected chi connectivity index (χ0v) is 8.10. The van der Waals surface area contributed by atoms with Gasteiger partial charge in [-0.1, -0.05) is 24.3 Å². The third kappa shape index (κ3) is 2.72. The van der Waals surface area contributed by atoms with Crippen LogP contribution < -0.4 is 0 Å². The minimum absolute atomic E-state index is 0.273. The van der Waals surface area contributed by atoms with Gasteiger partial charge >= 0.3 is 0 Å². The van der Waals surface area contributed by atoms with Crippen LogP contribution in [-0.2, 0) is 9.59 Å². The van der Waals surface area contributed by atoms with E-state index in [2.05, 4.69) is 0 Å². The molecule has 1 aromatic rings. The Hall–Kier alpha value is -2.54. The Morgan fingerprint density at radius 2 is 1.12 bits per heavy atom. The van der Waals surface area contributed by atoms with Crippen molar-refractivity contribution in [3.05, 3.63) is 47.5 Å². The molecule has 4 nitrogen and oxygen atoms in total. The second-order valence-corrected chi connectivity index (χ2v) is 2.83. The minimum atomic E-state index is -0.486. The molecule has 0 fully saturated rings. The summed E-state index contributed by atoms with van der Waals surface area (Å²) in [5, 5.41) is 0. The topological polar surface area (TPSA) is 68.3 Å². The summed E-state index contributed by atoms with van der Waals surface area (Å²) in [7, 11) is 0. The number of carbonyl (C=O) groups is 2. The van der Waals surface area contributed by atoms with Gasteiger partial charge in [-0.15, -0.1) is 0 Å². The largest absolute Gasteiger partial charge is 0.288 e. The monoisotopic (exact) mass is 214 g/mol. The highest BCUT2D eigenvalue weighted by atomic mass is 16.1. The van der Waals surface area contributed by atoms with Crippen LogP contribution in [0.5, 0.6) is 0 Å². The molecule has 0 saturated carbocycles. The van der Waals surface area contributed by atoms with Crippen molar-refractivity contribution in [3.63, 3.8) is 0 Å². The van der Waals surface area contributed by atoms with E-state index in [0.717, 1.165) is 12.2 Å². The minimum Gasteiger partial charge on any atom is -0.288 e. The van der Waals surface area contributed by atoms with Crippen LogP contribution in [0, 0.1) is 0 Å². The molecule has 78 valence electrons. The number of ketones is 2. The highest BCUT2D eigenvalue weighted by Gasteiger charge is 2.05. The number of carbonyl (C=O) groups excluding carboxylic acids is 4. The molecule has 0 aliphatic heterocycles. The maximum atomic E-state index is 11.2. The Bertz CT molecular complexity index is 463. The van der Waals surface area contributed by atoms with E-state index in [1.807, 2.05) is 0 Å². The molecule has 0 radical (unpaired) electrons. The van der Waals surface area contributed by atoms with Crippen LogP contribution in [0.2, 0.25) is 0 Å². The Balaban J connectivity index is 2.99. The Morgan fingerprint density at radius 3 is 1.38 bits per heavy atom. The molecule has 0 saturated heterocycles. The van der Waals surface area contributed by atoms with Gasteiger partial charge < -0.3 is 0 Å². The Labute approximate surface area is 90.9 Å². The molecule has 1 aromatic carbocycles. The normalized spacial score (nSPS) is 8.50. The van der Waals surface area contributed by atoms with E-state index in [0.29, 0.717) is 0 Å². The molecular weight excluding hydrogens is 208 g/mol. The molecule has 0 atom stereocenters. The molecular formula is C12H6O4. The standard InChI is InChI=1S/C12H6O4/c13-7-5-11(15)9-1-2-10(4-3-9)12(16)6-8-14/h1-6H. The maximum absolute atomic E-state index is 11.2. The molecule has 16 heavy (non-hydrogen) atoms. The first-order valence-electron chi connectivity index (χ1n) is 4.29. The van der Waals surface area contributed by atoms with Crippen molar-refractivity contribution in [1.82, 2.24) is 0 Å². The second-order valence-electron chi connectivity index (χ2n) is 2.83. The van der Waals surface area contributed by atoms with E-state index in [-0.39, 0.29) is 11.1 Å². The highest BCUT2D eigenvalue weighted by molar-refractivity contribution is 6.11. The van der Waals surface area contributed by atoms with E-state index in [4.69, 9.17) is 0 Å². The molecule has 0 spiro atoms. The van der Waals surface area contributed by atoms with E-state index in [9.17, 15) is 19.2 Å². The first-order chi connectivity index (χ1) is 7.69. The summed E-state index contributed by atoms with van der Waals surface area (Å²) in [5.41, 5.74) is 0.546. The van der Waals surface area contributed by atoms with E-state index >= 15 is 0 Å². The van der Waals surface area contributed by atoms with Gasteiger partial charge in [0.05, 0.1) is 12.2 Å². The van der Waals surface area contributed by atoms with Gasteiger partial charge in [-0.2, -0.15) is 0 Å². The van der Waals surface area contributed by atoms with Gasteiger partial charge in [-0.25, -0.2) is 9.59 Å². The number of rotatable bonds is 4. The van der Waals surface area contributed by atoms with Crippen LogP contribution in [0.4, 0.5) is 0 Å². The third-order valence-corrected chi connectivity index (χ3v) is 1.83. The van der Waals surface area contributed by atoms with Crippen molar-refractivity contribution in [2.24, 2.45) is 0 Å². The Morgan fingerprint density at radius 1 is 0.812 bits per heavy atom. The third-order valence-electron chi connectivity index (χ3n) is 1.83. The van der Waals surface area contributed by atoms with Crippen LogP contribution >= 0.6 is 0 Å². The van der Waals surface area contributed by atoms with Crippen molar-refractivity contribution >= 4 is 23.4 Å². The second kappa shape index (κ2) is 5.37. The fourth-order valence-electron chi connectivity index (χ4n) is 1.07. The molecule has 0 bridgehead atoms. The van der Waals surface area contributed by atoms with E-state index < -0.39 is 11.6 Å². The lowest BCUT2D eigenvalue weighted by molar-refractivity contribution is 0.103. The Kier molecular flexibility index (Phi) is 3.87. The lowest BCUT2D eigenvalue weighted by Gasteiger charge is -1.96. The molecule has 0 heterocycles. The molecule has 4 heteroatoms.